The van der Waals surface area contributed by atoms with Gasteiger partial charge in [-0.3, -0.25) is 0 Å². The monoisotopic (exact) mass is 226 g/mol. The van der Waals surface area contributed by atoms with E-state index in [1.807, 2.05) is 13.8 Å². The summed E-state index contributed by atoms with van der Waals surface area (Å²) in [5, 5.41) is 10.3. The van der Waals surface area contributed by atoms with Crippen molar-refractivity contribution in [2.45, 2.75) is 65.9 Å². The van der Waals surface area contributed by atoms with Crippen LogP contribution in [0, 0.1) is 11.3 Å². The lowest BCUT2D eigenvalue weighted by molar-refractivity contribution is -0.0423. The van der Waals surface area contributed by atoms with Crippen molar-refractivity contribution < 1.29 is 9.90 Å². The molecule has 16 heavy (non-hydrogen) atoms. The average Bonchev–Trinajstić information content (AvgIpc) is 2.17. The van der Waals surface area contributed by atoms with Crippen molar-refractivity contribution in [2.75, 3.05) is 0 Å². The van der Waals surface area contributed by atoms with Crippen molar-refractivity contribution in [1.29, 1.82) is 0 Å². The maximum atomic E-state index is 10.4. The summed E-state index contributed by atoms with van der Waals surface area (Å²) >= 11 is 0. The Labute approximate surface area is 99.7 Å². The van der Waals surface area contributed by atoms with Gasteiger partial charge in [0.1, 0.15) is 5.94 Å². The van der Waals surface area contributed by atoms with Crippen molar-refractivity contribution in [3.8, 4) is 0 Å². The Morgan fingerprint density at radius 2 is 1.88 bits per heavy atom. The van der Waals surface area contributed by atoms with Gasteiger partial charge in [0, 0.05) is 11.5 Å². The van der Waals surface area contributed by atoms with Crippen LogP contribution in [0.15, 0.2) is 6.08 Å². The molecule has 0 aromatic rings. The SMILES string of the molecule is CCCCCC(C)C(C)(C)C(C)(O)C=C=O. The summed E-state index contributed by atoms with van der Waals surface area (Å²) in [6.45, 7) is 10.0. The van der Waals surface area contributed by atoms with E-state index in [0.29, 0.717) is 5.92 Å². The van der Waals surface area contributed by atoms with Crippen molar-refractivity contribution in [3.63, 3.8) is 0 Å². The summed E-state index contributed by atoms with van der Waals surface area (Å²) in [6.07, 6.45) is 5.94. The maximum Gasteiger partial charge on any atom is 0.123 e. The number of carbonyl (C=O) groups excluding carboxylic acids is 1. The van der Waals surface area contributed by atoms with Gasteiger partial charge in [-0.05, 0) is 12.8 Å². The highest BCUT2D eigenvalue weighted by molar-refractivity contribution is 5.48. The molecular formula is C14H26O2. The molecule has 0 aliphatic carbocycles. The molecule has 0 amide bonds. The van der Waals surface area contributed by atoms with E-state index in [1.165, 1.54) is 25.3 Å². The smallest absolute Gasteiger partial charge is 0.123 e. The molecule has 2 unspecified atom stereocenters. The molecule has 0 aromatic heterocycles. The van der Waals surface area contributed by atoms with Gasteiger partial charge in [-0.2, -0.15) is 0 Å². The number of aliphatic hydroxyl groups is 1. The third-order valence-corrected chi connectivity index (χ3v) is 4.12. The van der Waals surface area contributed by atoms with E-state index >= 15 is 0 Å². The lowest BCUT2D eigenvalue weighted by Gasteiger charge is -2.42. The first-order chi connectivity index (χ1) is 7.29. The topological polar surface area (TPSA) is 37.3 Å². The average molecular weight is 226 g/mol. The molecule has 94 valence electrons. The van der Waals surface area contributed by atoms with Gasteiger partial charge in [-0.1, -0.05) is 53.4 Å². The van der Waals surface area contributed by atoms with Crippen LogP contribution in [0.2, 0.25) is 0 Å². The highest BCUT2D eigenvalue weighted by Crippen LogP contribution is 2.41. The number of hydrogen-bond donors (Lipinski definition) is 1. The van der Waals surface area contributed by atoms with Crippen LogP contribution in [0.5, 0.6) is 0 Å². The van der Waals surface area contributed by atoms with Crippen LogP contribution >= 0.6 is 0 Å². The van der Waals surface area contributed by atoms with Crippen LogP contribution in [0.4, 0.5) is 0 Å². The van der Waals surface area contributed by atoms with E-state index < -0.39 is 5.60 Å². The van der Waals surface area contributed by atoms with Gasteiger partial charge in [0.2, 0.25) is 0 Å². The summed E-state index contributed by atoms with van der Waals surface area (Å²) < 4.78 is 0. The first kappa shape index (κ1) is 15.4. The molecule has 0 aliphatic heterocycles. The van der Waals surface area contributed by atoms with Gasteiger partial charge >= 0.3 is 0 Å². The molecule has 0 aliphatic rings. The molecule has 2 nitrogen and oxygen atoms in total. The van der Waals surface area contributed by atoms with Crippen LogP contribution in [0.1, 0.15) is 60.3 Å². The fourth-order valence-corrected chi connectivity index (χ4v) is 1.86. The minimum atomic E-state index is -1.08. The lowest BCUT2D eigenvalue weighted by Crippen LogP contribution is -2.44. The molecule has 2 atom stereocenters. The Bertz CT molecular complexity index is 247. The molecule has 0 fully saturated rings. The van der Waals surface area contributed by atoms with Crippen molar-refractivity contribution in [2.24, 2.45) is 11.3 Å². The third-order valence-electron chi connectivity index (χ3n) is 4.12. The summed E-state index contributed by atoms with van der Waals surface area (Å²) in [4.78, 5) is 10.4. The zero-order valence-electron chi connectivity index (χ0n) is 11.3. The van der Waals surface area contributed by atoms with Crippen LogP contribution in [-0.4, -0.2) is 16.6 Å². The summed E-state index contributed by atoms with van der Waals surface area (Å²) in [6, 6.07) is 0. The van der Waals surface area contributed by atoms with Gasteiger partial charge in [-0.25, -0.2) is 4.79 Å². The van der Waals surface area contributed by atoms with E-state index in [1.54, 1.807) is 12.9 Å². The largest absolute Gasteiger partial charge is 0.385 e. The number of hydrogen-bond acceptors (Lipinski definition) is 2. The molecule has 0 spiro atoms. The normalized spacial score (nSPS) is 17.4. The molecular weight excluding hydrogens is 200 g/mol. The minimum absolute atomic E-state index is 0.307. The Morgan fingerprint density at radius 3 is 2.31 bits per heavy atom. The van der Waals surface area contributed by atoms with E-state index in [0.717, 1.165) is 6.42 Å². The Hall–Kier alpha value is -0.590. The lowest BCUT2D eigenvalue weighted by atomic mass is 9.66. The zero-order valence-corrected chi connectivity index (χ0v) is 11.3. The summed E-state index contributed by atoms with van der Waals surface area (Å²) in [5.74, 6) is 2.08. The van der Waals surface area contributed by atoms with Crippen molar-refractivity contribution in [1.82, 2.24) is 0 Å². The molecule has 0 heterocycles. The van der Waals surface area contributed by atoms with E-state index in [2.05, 4.69) is 13.8 Å². The van der Waals surface area contributed by atoms with Crippen LogP contribution in [0.3, 0.4) is 0 Å². The molecule has 2 heteroatoms. The minimum Gasteiger partial charge on any atom is -0.385 e. The second-order valence-corrected chi connectivity index (χ2v) is 5.53. The predicted molar refractivity (Wildman–Crippen MR) is 68.0 cm³/mol. The molecule has 1 N–H and O–H groups in total. The van der Waals surface area contributed by atoms with Gasteiger partial charge in [0.15, 0.2) is 0 Å². The second-order valence-electron chi connectivity index (χ2n) is 5.53. The van der Waals surface area contributed by atoms with E-state index in [9.17, 15) is 9.90 Å². The standard InChI is InChI=1S/C14H26O2/c1-6-7-8-9-12(2)13(3,4)14(5,16)10-11-15/h10,12,16H,6-9H2,1-5H3. The fourth-order valence-electron chi connectivity index (χ4n) is 1.86. The highest BCUT2D eigenvalue weighted by atomic mass is 16.3. The van der Waals surface area contributed by atoms with E-state index in [4.69, 9.17) is 0 Å². The Morgan fingerprint density at radius 1 is 1.31 bits per heavy atom. The number of unbranched alkanes of at least 4 members (excludes halogenated alkanes) is 2. The Kier molecular flexibility index (Phi) is 5.99. The van der Waals surface area contributed by atoms with Crippen LogP contribution in [-0.2, 0) is 4.79 Å². The molecule has 0 bridgehead atoms. The molecule has 0 radical (unpaired) electrons. The third kappa shape index (κ3) is 3.77. The predicted octanol–water partition coefficient (Wildman–Crippen LogP) is 3.37. The fraction of sp³-hybridized carbons (Fsp3) is 0.857. The van der Waals surface area contributed by atoms with Gasteiger partial charge in [0.05, 0.1) is 5.60 Å². The molecule has 0 rings (SSSR count). The maximum absolute atomic E-state index is 10.4. The second kappa shape index (κ2) is 6.22. The molecule has 0 saturated carbocycles. The number of rotatable bonds is 7. The van der Waals surface area contributed by atoms with Crippen molar-refractivity contribution >= 4 is 5.94 Å². The quantitative estimate of drug-likeness (QED) is 0.534. The van der Waals surface area contributed by atoms with Crippen LogP contribution < -0.4 is 0 Å². The first-order valence-corrected chi connectivity index (χ1v) is 6.24. The van der Waals surface area contributed by atoms with Gasteiger partial charge in [0.25, 0.3) is 0 Å². The van der Waals surface area contributed by atoms with Crippen molar-refractivity contribution in [3.05, 3.63) is 6.08 Å². The molecule has 0 saturated heterocycles. The van der Waals surface area contributed by atoms with Crippen LogP contribution in [0.25, 0.3) is 0 Å². The zero-order chi connectivity index (χ0) is 12.8. The Balaban J connectivity index is 4.56. The molecule has 0 aromatic carbocycles. The van der Waals surface area contributed by atoms with Gasteiger partial charge < -0.3 is 5.11 Å². The first-order valence-electron chi connectivity index (χ1n) is 6.24. The van der Waals surface area contributed by atoms with Gasteiger partial charge in [-0.15, -0.1) is 0 Å². The van der Waals surface area contributed by atoms with E-state index in [-0.39, 0.29) is 5.41 Å². The highest BCUT2D eigenvalue weighted by Gasteiger charge is 2.41. The summed E-state index contributed by atoms with van der Waals surface area (Å²) in [5.41, 5.74) is -1.39. The summed E-state index contributed by atoms with van der Waals surface area (Å²) in [7, 11) is 0.